The molecule has 0 radical (unpaired) electrons. The topological polar surface area (TPSA) is 41.1 Å². The second kappa shape index (κ2) is 5.59. The van der Waals surface area contributed by atoms with E-state index in [0.29, 0.717) is 13.1 Å². The Bertz CT molecular complexity index is 246. The molecule has 0 aliphatic carbocycles. The third-order valence-electron chi connectivity index (χ3n) is 1.57. The number of hydrogen-bond donors (Lipinski definition) is 2. The quantitative estimate of drug-likeness (QED) is 0.758. The van der Waals surface area contributed by atoms with Crippen molar-refractivity contribution in [1.29, 1.82) is 0 Å². The smallest absolute Gasteiger partial charge is 0.314 e. The van der Waals surface area contributed by atoms with E-state index in [1.54, 1.807) is 11.3 Å². The van der Waals surface area contributed by atoms with Crippen LogP contribution in [0.3, 0.4) is 0 Å². The van der Waals surface area contributed by atoms with Crippen LogP contribution in [-0.4, -0.2) is 19.1 Å². The van der Waals surface area contributed by atoms with Crippen molar-refractivity contribution < 1.29 is 4.79 Å². The van der Waals surface area contributed by atoms with Crippen molar-refractivity contribution in [2.24, 2.45) is 0 Å². The third-order valence-corrected chi connectivity index (χ3v) is 2.51. The number of nitrogens with one attached hydrogen (secondary N) is 2. The van der Waals surface area contributed by atoms with Crippen molar-refractivity contribution in [2.75, 3.05) is 13.1 Å². The first-order chi connectivity index (χ1) is 6.33. The molecule has 0 atom stereocenters. The van der Waals surface area contributed by atoms with Crippen LogP contribution in [0.5, 0.6) is 0 Å². The maximum absolute atomic E-state index is 11.0. The monoisotopic (exact) mass is 198 g/mol. The number of urea groups is 1. The second-order valence-corrected chi connectivity index (χ2v) is 3.65. The number of rotatable bonds is 4. The van der Waals surface area contributed by atoms with Crippen molar-refractivity contribution in [3.63, 3.8) is 0 Å². The second-order valence-electron chi connectivity index (χ2n) is 2.62. The molecular weight excluding hydrogens is 184 g/mol. The van der Waals surface area contributed by atoms with Crippen molar-refractivity contribution in [2.45, 2.75) is 13.3 Å². The van der Waals surface area contributed by atoms with Crippen LogP contribution in [0.2, 0.25) is 0 Å². The molecule has 0 aliphatic rings. The molecule has 0 unspecified atom stereocenters. The Morgan fingerprint density at radius 3 is 3.00 bits per heavy atom. The van der Waals surface area contributed by atoms with Crippen LogP contribution in [0.4, 0.5) is 4.79 Å². The minimum absolute atomic E-state index is 0.0842. The van der Waals surface area contributed by atoms with Crippen LogP contribution < -0.4 is 10.6 Å². The molecule has 2 N–H and O–H groups in total. The summed E-state index contributed by atoms with van der Waals surface area (Å²) in [4.78, 5) is 12.3. The molecule has 0 saturated carbocycles. The van der Waals surface area contributed by atoms with Crippen molar-refractivity contribution in [3.8, 4) is 0 Å². The lowest BCUT2D eigenvalue weighted by Crippen LogP contribution is -2.36. The summed E-state index contributed by atoms with van der Waals surface area (Å²) in [6.07, 6.45) is 0.912. The number of hydrogen-bond acceptors (Lipinski definition) is 2. The molecular formula is C9H14N2OS. The molecule has 0 bridgehead atoms. The van der Waals surface area contributed by atoms with Gasteiger partial charge in [0, 0.05) is 18.0 Å². The van der Waals surface area contributed by atoms with E-state index in [1.807, 2.05) is 18.4 Å². The van der Waals surface area contributed by atoms with Gasteiger partial charge in [-0.3, -0.25) is 0 Å². The summed E-state index contributed by atoms with van der Waals surface area (Å²) in [6.45, 7) is 3.27. The van der Waals surface area contributed by atoms with Gasteiger partial charge >= 0.3 is 6.03 Å². The van der Waals surface area contributed by atoms with Gasteiger partial charge in [0.15, 0.2) is 0 Å². The Morgan fingerprint density at radius 1 is 1.54 bits per heavy atom. The number of carbonyl (C=O) groups excluding carboxylic acids is 1. The zero-order valence-corrected chi connectivity index (χ0v) is 8.49. The minimum Gasteiger partial charge on any atom is -0.338 e. The summed E-state index contributed by atoms with van der Waals surface area (Å²) in [5.74, 6) is 0. The lowest BCUT2D eigenvalue weighted by atomic mass is 10.3. The predicted molar refractivity (Wildman–Crippen MR) is 55.1 cm³/mol. The van der Waals surface area contributed by atoms with Crippen LogP contribution >= 0.6 is 11.3 Å². The molecule has 0 fully saturated rings. The van der Waals surface area contributed by atoms with E-state index in [0.717, 1.165) is 6.42 Å². The Labute approximate surface area is 82.2 Å². The molecule has 0 aromatic carbocycles. The zero-order valence-electron chi connectivity index (χ0n) is 7.67. The molecule has 1 aromatic heterocycles. The van der Waals surface area contributed by atoms with Crippen molar-refractivity contribution in [3.05, 3.63) is 22.4 Å². The Kier molecular flexibility index (Phi) is 4.32. The van der Waals surface area contributed by atoms with E-state index >= 15 is 0 Å². The van der Waals surface area contributed by atoms with Crippen molar-refractivity contribution in [1.82, 2.24) is 10.6 Å². The fourth-order valence-electron chi connectivity index (χ4n) is 0.977. The highest BCUT2D eigenvalue weighted by atomic mass is 32.1. The molecule has 1 aromatic rings. The Balaban J connectivity index is 2.11. The van der Waals surface area contributed by atoms with E-state index in [1.165, 1.54) is 4.88 Å². The minimum atomic E-state index is -0.0842. The first-order valence-electron chi connectivity index (χ1n) is 4.37. The maximum atomic E-state index is 11.0. The van der Waals surface area contributed by atoms with Crippen LogP contribution in [0.25, 0.3) is 0 Å². The van der Waals surface area contributed by atoms with Gasteiger partial charge in [-0.2, -0.15) is 0 Å². The molecule has 0 saturated heterocycles. The van der Waals surface area contributed by atoms with Gasteiger partial charge in [-0.05, 0) is 24.8 Å². The largest absolute Gasteiger partial charge is 0.338 e. The summed E-state index contributed by atoms with van der Waals surface area (Å²) in [7, 11) is 0. The Hall–Kier alpha value is -1.03. The molecule has 1 heterocycles. The summed E-state index contributed by atoms with van der Waals surface area (Å²) in [5, 5.41) is 7.50. The van der Waals surface area contributed by atoms with E-state index in [-0.39, 0.29) is 6.03 Å². The molecule has 13 heavy (non-hydrogen) atoms. The lowest BCUT2D eigenvalue weighted by Gasteiger charge is -2.03. The average molecular weight is 198 g/mol. The van der Waals surface area contributed by atoms with E-state index in [4.69, 9.17) is 0 Å². The van der Waals surface area contributed by atoms with Crippen LogP contribution in [0.1, 0.15) is 11.8 Å². The van der Waals surface area contributed by atoms with Gasteiger partial charge in [-0.1, -0.05) is 6.07 Å². The first-order valence-corrected chi connectivity index (χ1v) is 5.25. The van der Waals surface area contributed by atoms with Gasteiger partial charge in [0.1, 0.15) is 0 Å². The van der Waals surface area contributed by atoms with Gasteiger partial charge in [0.2, 0.25) is 0 Å². The van der Waals surface area contributed by atoms with Gasteiger partial charge in [0.25, 0.3) is 0 Å². The normalized spacial score (nSPS) is 9.62. The third kappa shape index (κ3) is 3.94. The van der Waals surface area contributed by atoms with E-state index < -0.39 is 0 Å². The van der Waals surface area contributed by atoms with Crippen LogP contribution in [0.15, 0.2) is 17.5 Å². The van der Waals surface area contributed by atoms with Crippen LogP contribution in [-0.2, 0) is 6.42 Å². The number of carbonyl (C=O) groups is 1. The fourth-order valence-corrected chi connectivity index (χ4v) is 1.69. The van der Waals surface area contributed by atoms with E-state index in [9.17, 15) is 4.79 Å². The zero-order chi connectivity index (χ0) is 9.52. The SMILES string of the molecule is CCNC(=O)NCCc1cccs1. The van der Waals surface area contributed by atoms with Gasteiger partial charge < -0.3 is 10.6 Å². The highest BCUT2D eigenvalue weighted by Crippen LogP contribution is 2.07. The number of thiophene rings is 1. The van der Waals surface area contributed by atoms with Gasteiger partial charge in [-0.15, -0.1) is 11.3 Å². The molecule has 1 rings (SSSR count). The highest BCUT2D eigenvalue weighted by Gasteiger charge is 1.97. The summed E-state index contributed by atoms with van der Waals surface area (Å²) in [6, 6.07) is 4.01. The molecule has 2 amide bonds. The fraction of sp³-hybridized carbons (Fsp3) is 0.444. The summed E-state index contributed by atoms with van der Waals surface area (Å²) >= 11 is 1.72. The average Bonchev–Trinajstić information content (AvgIpc) is 2.57. The Morgan fingerprint density at radius 2 is 2.38 bits per heavy atom. The van der Waals surface area contributed by atoms with Crippen molar-refractivity contribution >= 4 is 17.4 Å². The standard InChI is InChI=1S/C9H14N2OS/c1-2-10-9(12)11-6-5-8-4-3-7-13-8/h3-4,7H,2,5-6H2,1H3,(H2,10,11,12). The summed E-state index contributed by atoms with van der Waals surface area (Å²) in [5.41, 5.74) is 0. The molecule has 0 aliphatic heterocycles. The predicted octanol–water partition coefficient (Wildman–Crippen LogP) is 1.61. The van der Waals surface area contributed by atoms with Gasteiger partial charge in [0.05, 0.1) is 0 Å². The molecule has 3 nitrogen and oxygen atoms in total. The highest BCUT2D eigenvalue weighted by molar-refractivity contribution is 7.09. The van der Waals surface area contributed by atoms with Gasteiger partial charge in [-0.25, -0.2) is 4.79 Å². The number of amides is 2. The van der Waals surface area contributed by atoms with Crippen LogP contribution in [0, 0.1) is 0 Å². The molecule has 4 heteroatoms. The maximum Gasteiger partial charge on any atom is 0.314 e. The summed E-state index contributed by atoms with van der Waals surface area (Å²) < 4.78 is 0. The molecule has 0 spiro atoms. The lowest BCUT2D eigenvalue weighted by molar-refractivity contribution is 0.241. The first kappa shape index (κ1) is 10.1. The molecule has 72 valence electrons. The van der Waals surface area contributed by atoms with E-state index in [2.05, 4.69) is 16.7 Å².